The number of thioether (sulfide) groups is 1. The van der Waals surface area contributed by atoms with E-state index in [0.717, 1.165) is 11.1 Å². The Morgan fingerprint density at radius 1 is 1.07 bits per heavy atom. The SMILES string of the molecule is CSc1ccc(-c2cc[nH]c(=O)c2)cc1. The molecule has 0 radical (unpaired) electrons. The standard InChI is InChI=1S/C12H11NOS/c1-15-11-4-2-9(3-5-11)10-6-7-13-12(14)8-10/h2-8H,1H3,(H,13,14). The maximum atomic E-state index is 11.1. The van der Waals surface area contributed by atoms with E-state index in [-0.39, 0.29) is 5.56 Å². The number of benzene rings is 1. The summed E-state index contributed by atoms with van der Waals surface area (Å²) in [6.07, 6.45) is 3.71. The molecule has 2 nitrogen and oxygen atoms in total. The minimum absolute atomic E-state index is 0.0681. The number of nitrogens with one attached hydrogen (secondary N) is 1. The lowest BCUT2D eigenvalue weighted by atomic mass is 10.1. The largest absolute Gasteiger partial charge is 0.329 e. The zero-order valence-electron chi connectivity index (χ0n) is 8.36. The second kappa shape index (κ2) is 4.36. The van der Waals surface area contributed by atoms with E-state index in [9.17, 15) is 4.79 Å². The highest BCUT2D eigenvalue weighted by molar-refractivity contribution is 7.98. The van der Waals surface area contributed by atoms with E-state index in [1.807, 2.05) is 24.5 Å². The summed E-state index contributed by atoms with van der Waals surface area (Å²) in [5, 5.41) is 0. The van der Waals surface area contributed by atoms with Gasteiger partial charge < -0.3 is 4.98 Å². The molecule has 2 aromatic rings. The fourth-order valence-electron chi connectivity index (χ4n) is 1.41. The van der Waals surface area contributed by atoms with Crippen LogP contribution in [0.3, 0.4) is 0 Å². The summed E-state index contributed by atoms with van der Waals surface area (Å²) < 4.78 is 0. The van der Waals surface area contributed by atoms with Crippen molar-refractivity contribution in [1.82, 2.24) is 4.98 Å². The Morgan fingerprint density at radius 2 is 1.80 bits per heavy atom. The van der Waals surface area contributed by atoms with Crippen LogP contribution in [0.15, 0.2) is 52.3 Å². The van der Waals surface area contributed by atoms with E-state index >= 15 is 0 Å². The molecule has 76 valence electrons. The smallest absolute Gasteiger partial charge is 0.248 e. The third-order valence-corrected chi connectivity index (χ3v) is 2.94. The Bertz CT molecular complexity index is 502. The first kappa shape index (κ1) is 10.1. The third-order valence-electron chi connectivity index (χ3n) is 2.20. The average molecular weight is 217 g/mol. The second-order valence-electron chi connectivity index (χ2n) is 3.17. The van der Waals surface area contributed by atoms with Crippen molar-refractivity contribution in [2.45, 2.75) is 4.90 Å². The highest BCUT2D eigenvalue weighted by atomic mass is 32.2. The normalized spacial score (nSPS) is 10.2. The molecule has 1 N–H and O–H groups in total. The van der Waals surface area contributed by atoms with Gasteiger partial charge in [0, 0.05) is 17.2 Å². The van der Waals surface area contributed by atoms with Gasteiger partial charge in [-0.15, -0.1) is 11.8 Å². The van der Waals surface area contributed by atoms with Crippen molar-refractivity contribution < 1.29 is 0 Å². The second-order valence-corrected chi connectivity index (χ2v) is 4.05. The highest BCUT2D eigenvalue weighted by Gasteiger charge is 1.97. The van der Waals surface area contributed by atoms with Crippen LogP contribution in [0.2, 0.25) is 0 Å². The Balaban J connectivity index is 2.41. The van der Waals surface area contributed by atoms with E-state index in [0.29, 0.717) is 0 Å². The van der Waals surface area contributed by atoms with Crippen molar-refractivity contribution in [2.75, 3.05) is 6.26 Å². The summed E-state index contributed by atoms with van der Waals surface area (Å²) in [5.41, 5.74) is 1.95. The first-order valence-electron chi connectivity index (χ1n) is 4.63. The van der Waals surface area contributed by atoms with Crippen LogP contribution >= 0.6 is 11.8 Å². The minimum atomic E-state index is -0.0681. The fourth-order valence-corrected chi connectivity index (χ4v) is 1.82. The molecule has 0 aliphatic rings. The number of pyridine rings is 1. The van der Waals surface area contributed by atoms with Gasteiger partial charge in [-0.2, -0.15) is 0 Å². The molecule has 1 aromatic carbocycles. The molecule has 0 saturated carbocycles. The molecule has 0 aliphatic carbocycles. The summed E-state index contributed by atoms with van der Waals surface area (Å²) in [5.74, 6) is 0. The van der Waals surface area contributed by atoms with Crippen molar-refractivity contribution in [3.8, 4) is 11.1 Å². The Kier molecular flexibility index (Phi) is 2.92. The molecule has 1 aromatic heterocycles. The molecule has 15 heavy (non-hydrogen) atoms. The minimum Gasteiger partial charge on any atom is -0.329 e. The van der Waals surface area contributed by atoms with Gasteiger partial charge in [0.05, 0.1) is 0 Å². The van der Waals surface area contributed by atoms with Gasteiger partial charge >= 0.3 is 0 Å². The van der Waals surface area contributed by atoms with E-state index in [1.54, 1.807) is 24.0 Å². The summed E-state index contributed by atoms with van der Waals surface area (Å²) in [6, 6.07) is 11.7. The van der Waals surface area contributed by atoms with Crippen LogP contribution in [0, 0.1) is 0 Å². The molecule has 0 bridgehead atoms. The maximum absolute atomic E-state index is 11.1. The van der Waals surface area contributed by atoms with Crippen LogP contribution < -0.4 is 5.56 Å². The number of aromatic nitrogens is 1. The maximum Gasteiger partial charge on any atom is 0.248 e. The lowest BCUT2D eigenvalue weighted by Crippen LogP contribution is -2.01. The molecular formula is C12H11NOS. The molecule has 0 unspecified atom stereocenters. The lowest BCUT2D eigenvalue weighted by Gasteiger charge is -2.01. The van der Waals surface area contributed by atoms with Gasteiger partial charge in [-0.25, -0.2) is 0 Å². The molecule has 0 atom stereocenters. The third kappa shape index (κ3) is 2.30. The molecule has 1 heterocycles. The van der Waals surface area contributed by atoms with Crippen LogP contribution in [-0.4, -0.2) is 11.2 Å². The predicted molar refractivity (Wildman–Crippen MR) is 64.3 cm³/mol. The molecule has 0 spiro atoms. The Labute approximate surface area is 92.4 Å². The lowest BCUT2D eigenvalue weighted by molar-refractivity contribution is 1.24. The van der Waals surface area contributed by atoms with Crippen molar-refractivity contribution in [3.05, 3.63) is 52.9 Å². The van der Waals surface area contributed by atoms with Crippen LogP contribution in [0.1, 0.15) is 0 Å². The van der Waals surface area contributed by atoms with Crippen LogP contribution in [0.5, 0.6) is 0 Å². The van der Waals surface area contributed by atoms with Crippen molar-refractivity contribution in [2.24, 2.45) is 0 Å². The molecule has 0 saturated heterocycles. The van der Waals surface area contributed by atoms with Gasteiger partial charge in [0.2, 0.25) is 5.56 Å². The zero-order valence-corrected chi connectivity index (χ0v) is 9.17. The summed E-state index contributed by atoms with van der Waals surface area (Å²) in [4.78, 5) is 15.0. The van der Waals surface area contributed by atoms with E-state index < -0.39 is 0 Å². The number of rotatable bonds is 2. The number of hydrogen-bond acceptors (Lipinski definition) is 2. The van der Waals surface area contributed by atoms with E-state index in [2.05, 4.69) is 17.1 Å². The quantitative estimate of drug-likeness (QED) is 0.785. The molecular weight excluding hydrogens is 206 g/mol. The molecule has 3 heteroatoms. The highest BCUT2D eigenvalue weighted by Crippen LogP contribution is 2.21. The van der Waals surface area contributed by atoms with Crippen molar-refractivity contribution >= 4 is 11.8 Å². The van der Waals surface area contributed by atoms with E-state index in [1.165, 1.54) is 4.90 Å². The molecule has 0 aliphatic heterocycles. The van der Waals surface area contributed by atoms with Crippen molar-refractivity contribution in [1.29, 1.82) is 0 Å². The molecule has 0 amide bonds. The van der Waals surface area contributed by atoms with Crippen LogP contribution in [-0.2, 0) is 0 Å². The fraction of sp³-hybridized carbons (Fsp3) is 0.0833. The van der Waals surface area contributed by atoms with Gasteiger partial charge in [0.1, 0.15) is 0 Å². The Morgan fingerprint density at radius 3 is 2.40 bits per heavy atom. The summed E-state index contributed by atoms with van der Waals surface area (Å²) >= 11 is 1.71. The monoisotopic (exact) mass is 217 g/mol. The molecule has 2 rings (SSSR count). The number of H-pyrrole nitrogens is 1. The van der Waals surface area contributed by atoms with Crippen LogP contribution in [0.25, 0.3) is 11.1 Å². The predicted octanol–water partition coefficient (Wildman–Crippen LogP) is 2.76. The average Bonchev–Trinajstić information content (AvgIpc) is 2.29. The van der Waals surface area contributed by atoms with Crippen LogP contribution in [0.4, 0.5) is 0 Å². The van der Waals surface area contributed by atoms with Crippen molar-refractivity contribution in [3.63, 3.8) is 0 Å². The van der Waals surface area contributed by atoms with E-state index in [4.69, 9.17) is 0 Å². The summed E-state index contributed by atoms with van der Waals surface area (Å²) in [6.45, 7) is 0. The molecule has 0 fully saturated rings. The summed E-state index contributed by atoms with van der Waals surface area (Å²) in [7, 11) is 0. The van der Waals surface area contributed by atoms with Gasteiger partial charge in [-0.05, 0) is 35.6 Å². The first-order valence-corrected chi connectivity index (χ1v) is 5.85. The van der Waals surface area contributed by atoms with Gasteiger partial charge in [0.25, 0.3) is 0 Å². The Hall–Kier alpha value is -1.48. The van der Waals surface area contributed by atoms with Gasteiger partial charge in [-0.3, -0.25) is 4.79 Å². The topological polar surface area (TPSA) is 32.9 Å². The first-order chi connectivity index (χ1) is 7.29. The number of hydrogen-bond donors (Lipinski definition) is 1. The number of aromatic amines is 1. The van der Waals surface area contributed by atoms with Gasteiger partial charge in [-0.1, -0.05) is 12.1 Å². The zero-order chi connectivity index (χ0) is 10.7. The van der Waals surface area contributed by atoms with Gasteiger partial charge in [0.15, 0.2) is 0 Å².